The summed E-state index contributed by atoms with van der Waals surface area (Å²) in [6, 6.07) is 14.8. The average molecular weight is 257 g/mol. The second-order valence-corrected chi connectivity index (χ2v) is 4.28. The third kappa shape index (κ3) is 3.56. The Morgan fingerprint density at radius 1 is 0.947 bits per heavy atom. The van der Waals surface area contributed by atoms with Crippen LogP contribution in [0.15, 0.2) is 48.5 Å². The number of nitrogens with one attached hydrogen (secondary N) is 1. The number of rotatable bonds is 4. The maximum Gasteiger partial charge on any atom is 0.243 e. The highest BCUT2D eigenvalue weighted by atomic mass is 16.5. The SMILES string of the molecule is O=C(CCc1ccc(-c2ccc(O)cc2)cc1)NO. The summed E-state index contributed by atoms with van der Waals surface area (Å²) in [5.74, 6) is -0.141. The van der Waals surface area contributed by atoms with Gasteiger partial charge in [-0.15, -0.1) is 0 Å². The highest BCUT2D eigenvalue weighted by Crippen LogP contribution is 2.22. The number of aromatic hydroxyl groups is 1. The van der Waals surface area contributed by atoms with Crippen molar-refractivity contribution in [3.63, 3.8) is 0 Å². The fourth-order valence-electron chi connectivity index (χ4n) is 1.83. The van der Waals surface area contributed by atoms with E-state index in [4.69, 9.17) is 5.21 Å². The van der Waals surface area contributed by atoms with Gasteiger partial charge in [0.1, 0.15) is 5.75 Å². The lowest BCUT2D eigenvalue weighted by Crippen LogP contribution is -2.18. The van der Waals surface area contributed by atoms with Gasteiger partial charge in [0.05, 0.1) is 0 Å². The normalized spacial score (nSPS) is 10.2. The van der Waals surface area contributed by atoms with Gasteiger partial charge in [-0.25, -0.2) is 5.48 Å². The van der Waals surface area contributed by atoms with Gasteiger partial charge in [-0.3, -0.25) is 10.0 Å². The molecule has 3 N–H and O–H groups in total. The van der Waals surface area contributed by atoms with E-state index in [2.05, 4.69) is 0 Å². The second-order valence-electron chi connectivity index (χ2n) is 4.28. The van der Waals surface area contributed by atoms with Crippen molar-refractivity contribution in [2.45, 2.75) is 12.8 Å². The zero-order chi connectivity index (χ0) is 13.7. The van der Waals surface area contributed by atoms with Gasteiger partial charge in [-0.05, 0) is 35.2 Å². The molecule has 4 heteroatoms. The number of hydroxylamine groups is 1. The molecule has 0 fully saturated rings. The molecule has 2 aromatic carbocycles. The first kappa shape index (κ1) is 13.1. The number of carbonyl (C=O) groups is 1. The molecule has 19 heavy (non-hydrogen) atoms. The van der Waals surface area contributed by atoms with Crippen LogP contribution < -0.4 is 5.48 Å². The number of hydrogen-bond donors (Lipinski definition) is 3. The Kier molecular flexibility index (Phi) is 4.15. The van der Waals surface area contributed by atoms with Gasteiger partial charge in [0.25, 0.3) is 0 Å². The summed E-state index contributed by atoms with van der Waals surface area (Å²) in [4.78, 5) is 10.9. The molecule has 1 amide bonds. The predicted octanol–water partition coefficient (Wildman–Crippen LogP) is 2.50. The van der Waals surface area contributed by atoms with Crippen molar-refractivity contribution in [2.24, 2.45) is 0 Å². The minimum Gasteiger partial charge on any atom is -0.508 e. The third-order valence-corrected chi connectivity index (χ3v) is 2.92. The zero-order valence-corrected chi connectivity index (χ0v) is 10.3. The third-order valence-electron chi connectivity index (χ3n) is 2.92. The van der Waals surface area contributed by atoms with E-state index in [0.717, 1.165) is 16.7 Å². The van der Waals surface area contributed by atoms with Crippen molar-refractivity contribution in [1.82, 2.24) is 5.48 Å². The van der Waals surface area contributed by atoms with Crippen molar-refractivity contribution in [2.75, 3.05) is 0 Å². The second kappa shape index (κ2) is 6.02. The Morgan fingerprint density at radius 3 is 2.00 bits per heavy atom. The Morgan fingerprint density at radius 2 is 1.47 bits per heavy atom. The lowest BCUT2D eigenvalue weighted by molar-refractivity contribution is -0.129. The highest BCUT2D eigenvalue weighted by Gasteiger charge is 2.02. The molecule has 0 aliphatic heterocycles. The molecule has 0 radical (unpaired) electrons. The lowest BCUT2D eigenvalue weighted by Gasteiger charge is -2.04. The molecule has 0 heterocycles. The molecule has 0 unspecified atom stereocenters. The first-order valence-electron chi connectivity index (χ1n) is 6.00. The molecule has 0 aromatic heterocycles. The molecule has 2 aromatic rings. The van der Waals surface area contributed by atoms with Crippen molar-refractivity contribution in [3.05, 3.63) is 54.1 Å². The van der Waals surface area contributed by atoms with Crippen LogP contribution in [0.25, 0.3) is 11.1 Å². The quantitative estimate of drug-likeness (QED) is 0.582. The minimum absolute atomic E-state index is 0.246. The van der Waals surface area contributed by atoms with E-state index < -0.39 is 0 Å². The van der Waals surface area contributed by atoms with Crippen LogP contribution >= 0.6 is 0 Å². The van der Waals surface area contributed by atoms with E-state index in [1.54, 1.807) is 17.6 Å². The van der Waals surface area contributed by atoms with Crippen LogP contribution in [0.3, 0.4) is 0 Å². The fraction of sp³-hybridized carbons (Fsp3) is 0.133. The molecule has 0 saturated heterocycles. The average Bonchev–Trinajstić information content (AvgIpc) is 2.46. The molecule has 0 bridgehead atoms. The number of aryl methyl sites for hydroxylation is 1. The van der Waals surface area contributed by atoms with Gasteiger partial charge in [0, 0.05) is 6.42 Å². The Hall–Kier alpha value is -2.33. The molecule has 0 aliphatic carbocycles. The maximum atomic E-state index is 10.9. The van der Waals surface area contributed by atoms with E-state index in [1.807, 2.05) is 36.4 Å². The maximum absolute atomic E-state index is 10.9. The number of phenolic OH excluding ortho intramolecular Hbond substituents is 1. The molecule has 0 aliphatic rings. The molecule has 0 spiro atoms. The minimum atomic E-state index is -0.386. The van der Waals surface area contributed by atoms with Gasteiger partial charge in [0.15, 0.2) is 0 Å². The summed E-state index contributed by atoms with van der Waals surface area (Å²) >= 11 is 0. The largest absolute Gasteiger partial charge is 0.508 e. The number of hydrogen-bond acceptors (Lipinski definition) is 3. The Bertz CT molecular complexity index is 547. The molecule has 0 saturated carbocycles. The van der Waals surface area contributed by atoms with Gasteiger partial charge in [-0.1, -0.05) is 36.4 Å². The summed E-state index contributed by atoms with van der Waals surface area (Å²) in [6.45, 7) is 0. The van der Waals surface area contributed by atoms with E-state index in [9.17, 15) is 9.90 Å². The Balaban J connectivity index is 2.06. The summed E-state index contributed by atoms with van der Waals surface area (Å²) in [5, 5.41) is 17.6. The smallest absolute Gasteiger partial charge is 0.243 e. The first-order chi connectivity index (χ1) is 9.19. The van der Waals surface area contributed by atoms with E-state index in [0.29, 0.717) is 6.42 Å². The number of amides is 1. The molecule has 4 nitrogen and oxygen atoms in total. The van der Waals surface area contributed by atoms with Crippen molar-refractivity contribution in [3.8, 4) is 16.9 Å². The van der Waals surface area contributed by atoms with Crippen LogP contribution in [0.4, 0.5) is 0 Å². The van der Waals surface area contributed by atoms with Crippen LogP contribution in [0.2, 0.25) is 0 Å². The molecular weight excluding hydrogens is 242 g/mol. The van der Waals surface area contributed by atoms with Crippen molar-refractivity contribution in [1.29, 1.82) is 0 Å². The van der Waals surface area contributed by atoms with Gasteiger partial charge in [-0.2, -0.15) is 0 Å². The van der Waals surface area contributed by atoms with E-state index in [1.165, 1.54) is 0 Å². The monoisotopic (exact) mass is 257 g/mol. The van der Waals surface area contributed by atoms with Crippen LogP contribution in [0.5, 0.6) is 5.75 Å². The van der Waals surface area contributed by atoms with E-state index in [-0.39, 0.29) is 18.1 Å². The zero-order valence-electron chi connectivity index (χ0n) is 10.3. The molecule has 2 rings (SSSR count). The van der Waals surface area contributed by atoms with Crippen LogP contribution in [0, 0.1) is 0 Å². The standard InChI is InChI=1S/C15H15NO3/c17-14-8-6-13(7-9-14)12-4-1-11(2-5-12)3-10-15(18)16-19/h1-2,4-9,17,19H,3,10H2,(H,16,18). The Labute approximate surface area is 111 Å². The number of carbonyl (C=O) groups excluding carboxylic acids is 1. The lowest BCUT2D eigenvalue weighted by atomic mass is 10.0. The van der Waals surface area contributed by atoms with Crippen LogP contribution in [-0.2, 0) is 11.2 Å². The van der Waals surface area contributed by atoms with Gasteiger partial charge >= 0.3 is 0 Å². The van der Waals surface area contributed by atoms with E-state index >= 15 is 0 Å². The van der Waals surface area contributed by atoms with Crippen molar-refractivity contribution < 1.29 is 15.1 Å². The van der Waals surface area contributed by atoms with Gasteiger partial charge < -0.3 is 5.11 Å². The number of phenols is 1. The number of benzene rings is 2. The van der Waals surface area contributed by atoms with Crippen LogP contribution in [0.1, 0.15) is 12.0 Å². The molecular formula is C15H15NO3. The summed E-state index contributed by atoms with van der Waals surface area (Å²) in [6.07, 6.45) is 0.845. The topological polar surface area (TPSA) is 69.6 Å². The highest BCUT2D eigenvalue weighted by molar-refractivity contribution is 5.74. The molecule has 98 valence electrons. The molecule has 0 atom stereocenters. The summed E-state index contributed by atoms with van der Waals surface area (Å²) < 4.78 is 0. The van der Waals surface area contributed by atoms with Crippen molar-refractivity contribution >= 4 is 5.91 Å². The predicted molar refractivity (Wildman–Crippen MR) is 71.8 cm³/mol. The van der Waals surface area contributed by atoms with Gasteiger partial charge in [0.2, 0.25) is 5.91 Å². The summed E-state index contributed by atoms with van der Waals surface area (Å²) in [7, 11) is 0. The fourth-order valence-corrected chi connectivity index (χ4v) is 1.83. The first-order valence-corrected chi connectivity index (χ1v) is 6.00. The van der Waals surface area contributed by atoms with Crippen LogP contribution in [-0.4, -0.2) is 16.2 Å². The summed E-state index contributed by atoms with van der Waals surface area (Å²) in [5.41, 5.74) is 4.73.